The number of hydrogen-bond donors (Lipinski definition) is 0. The quantitative estimate of drug-likeness (QED) is 0.594. The van der Waals surface area contributed by atoms with E-state index in [2.05, 4.69) is 4.40 Å². The molecule has 0 saturated carbocycles. The summed E-state index contributed by atoms with van der Waals surface area (Å²) in [5.41, 5.74) is 1.30. The zero-order valence-corrected chi connectivity index (χ0v) is 13.3. The first-order valence-corrected chi connectivity index (χ1v) is 7.39. The molecule has 0 heterocycles. The Bertz CT molecular complexity index is 455. The lowest BCUT2D eigenvalue weighted by Crippen LogP contribution is -2.30. The summed E-state index contributed by atoms with van der Waals surface area (Å²) in [5, 5.41) is 0. The van der Waals surface area contributed by atoms with Crippen molar-refractivity contribution in [2.24, 2.45) is 9.81 Å². The van der Waals surface area contributed by atoms with E-state index in [4.69, 9.17) is 0 Å². The maximum Gasteiger partial charge on any atom is 0.144 e. The summed E-state index contributed by atoms with van der Waals surface area (Å²) < 4.78 is 29.2. The summed E-state index contributed by atoms with van der Waals surface area (Å²) in [6, 6.07) is 6.16. The smallest absolute Gasteiger partial charge is 0.144 e. The summed E-state index contributed by atoms with van der Waals surface area (Å²) >= 11 is -1.33. The lowest BCUT2D eigenvalue weighted by Gasteiger charge is -2.24. The maximum atomic E-state index is 13.0. The number of benzene rings is 1. The molecule has 0 aromatic heterocycles. The molecule has 4 heteroatoms. The molecular formula is C15H22FNOS. The highest BCUT2D eigenvalue weighted by molar-refractivity contribution is 7.91. The van der Waals surface area contributed by atoms with E-state index < -0.39 is 16.1 Å². The highest BCUT2D eigenvalue weighted by Crippen LogP contribution is 2.26. The van der Waals surface area contributed by atoms with Crippen molar-refractivity contribution in [3.63, 3.8) is 0 Å². The topological polar surface area (TPSA) is 35.4 Å². The number of halogens is 1. The second-order valence-corrected chi connectivity index (χ2v) is 8.46. The number of rotatable bonds is 2. The normalized spacial score (nSPS) is 15.5. The van der Waals surface area contributed by atoms with E-state index in [1.807, 2.05) is 41.5 Å². The van der Waals surface area contributed by atoms with Crippen LogP contribution in [0.2, 0.25) is 0 Å². The Morgan fingerprint density at radius 1 is 1.05 bits per heavy atom. The largest absolute Gasteiger partial charge is 0.591 e. The van der Waals surface area contributed by atoms with Crippen LogP contribution in [0.25, 0.3) is 0 Å². The van der Waals surface area contributed by atoms with Crippen molar-refractivity contribution in [2.45, 2.75) is 46.3 Å². The molecule has 1 aromatic carbocycles. The van der Waals surface area contributed by atoms with E-state index in [0.717, 1.165) is 11.3 Å². The van der Waals surface area contributed by atoms with Gasteiger partial charge in [0, 0.05) is 11.0 Å². The van der Waals surface area contributed by atoms with Gasteiger partial charge in [-0.2, -0.15) is 0 Å². The molecule has 106 valence electrons. The zero-order valence-electron chi connectivity index (χ0n) is 12.5. The first-order valence-electron chi connectivity index (χ1n) is 6.29. The predicted octanol–water partition coefficient (Wildman–Crippen LogP) is 4.12. The zero-order chi connectivity index (χ0) is 14.8. The van der Waals surface area contributed by atoms with Gasteiger partial charge in [-0.1, -0.05) is 37.3 Å². The molecule has 0 bridgehead atoms. The van der Waals surface area contributed by atoms with Crippen LogP contribution in [0.4, 0.5) is 4.39 Å². The second kappa shape index (κ2) is 5.63. The van der Waals surface area contributed by atoms with Gasteiger partial charge < -0.3 is 4.55 Å². The first-order chi connectivity index (χ1) is 8.51. The van der Waals surface area contributed by atoms with Gasteiger partial charge in [-0.25, -0.2) is 4.39 Å². The minimum atomic E-state index is -1.33. The van der Waals surface area contributed by atoms with Crippen LogP contribution in [0, 0.1) is 11.2 Å². The van der Waals surface area contributed by atoms with Crippen molar-refractivity contribution >= 4 is 17.1 Å². The van der Waals surface area contributed by atoms with Gasteiger partial charge in [0.15, 0.2) is 0 Å². The van der Waals surface area contributed by atoms with Crippen molar-refractivity contribution in [3.05, 3.63) is 35.6 Å². The lowest BCUT2D eigenvalue weighted by molar-refractivity contribution is 0.556. The Balaban J connectivity index is 3.24. The minimum absolute atomic E-state index is 0.251. The molecule has 0 N–H and O–H groups in total. The lowest BCUT2D eigenvalue weighted by atomic mass is 9.86. The summed E-state index contributed by atoms with van der Waals surface area (Å²) in [6.45, 7) is 11.7. The SMILES string of the molecule is CC(C)(C)/C(=N\[S+]([O-])C(C)(C)C)c1ccc(F)cc1. The number of hydrogen-bond acceptors (Lipinski definition) is 2. The molecule has 0 fully saturated rings. The van der Waals surface area contributed by atoms with Crippen molar-refractivity contribution < 1.29 is 8.94 Å². The standard InChI is InChI=1S/C15H22FNOS/c1-14(2,3)13(17-19(18)15(4,5)6)11-7-9-12(16)10-8-11/h7-10H,1-6H3/b17-13-. The van der Waals surface area contributed by atoms with Crippen LogP contribution in [0.1, 0.15) is 47.1 Å². The van der Waals surface area contributed by atoms with E-state index in [1.54, 1.807) is 12.1 Å². The molecule has 1 atom stereocenters. The summed E-state index contributed by atoms with van der Waals surface area (Å²) in [7, 11) is 0. The van der Waals surface area contributed by atoms with E-state index >= 15 is 0 Å². The van der Waals surface area contributed by atoms with Gasteiger partial charge in [-0.3, -0.25) is 0 Å². The van der Waals surface area contributed by atoms with Crippen LogP contribution in [-0.2, 0) is 11.4 Å². The Morgan fingerprint density at radius 2 is 1.53 bits per heavy atom. The van der Waals surface area contributed by atoms with Gasteiger partial charge in [0.2, 0.25) is 0 Å². The average Bonchev–Trinajstić information content (AvgIpc) is 2.24. The maximum absolute atomic E-state index is 13.0. The number of nitrogens with zero attached hydrogens (tertiary/aromatic N) is 1. The Hall–Kier alpha value is -0.870. The van der Waals surface area contributed by atoms with Gasteiger partial charge in [0.25, 0.3) is 0 Å². The molecule has 19 heavy (non-hydrogen) atoms. The third kappa shape index (κ3) is 4.62. The van der Waals surface area contributed by atoms with Crippen LogP contribution in [0.5, 0.6) is 0 Å². The highest BCUT2D eigenvalue weighted by Gasteiger charge is 2.30. The van der Waals surface area contributed by atoms with Crippen molar-refractivity contribution in [2.75, 3.05) is 0 Å². The van der Waals surface area contributed by atoms with Crippen molar-refractivity contribution in [1.29, 1.82) is 0 Å². The molecule has 0 aliphatic rings. The molecule has 0 aliphatic heterocycles. The third-order valence-electron chi connectivity index (χ3n) is 2.53. The van der Waals surface area contributed by atoms with Gasteiger partial charge >= 0.3 is 0 Å². The van der Waals surface area contributed by atoms with Crippen LogP contribution in [0.15, 0.2) is 28.7 Å². The molecular weight excluding hydrogens is 261 g/mol. The van der Waals surface area contributed by atoms with E-state index in [1.165, 1.54) is 12.1 Å². The molecule has 0 saturated heterocycles. The van der Waals surface area contributed by atoms with Gasteiger partial charge in [0.1, 0.15) is 27.6 Å². The monoisotopic (exact) mass is 283 g/mol. The first kappa shape index (κ1) is 16.2. The van der Waals surface area contributed by atoms with Gasteiger partial charge in [0.05, 0.1) is 0 Å². The fourth-order valence-corrected chi connectivity index (χ4v) is 2.27. The molecule has 0 radical (unpaired) electrons. The highest BCUT2D eigenvalue weighted by atomic mass is 32.2. The summed E-state index contributed by atoms with van der Waals surface area (Å²) in [5.74, 6) is -0.283. The molecule has 1 unspecified atom stereocenters. The van der Waals surface area contributed by atoms with Crippen LogP contribution >= 0.6 is 0 Å². The van der Waals surface area contributed by atoms with E-state index in [0.29, 0.717) is 0 Å². The van der Waals surface area contributed by atoms with E-state index in [9.17, 15) is 8.94 Å². The summed E-state index contributed by atoms with van der Waals surface area (Å²) in [4.78, 5) is 0. The van der Waals surface area contributed by atoms with Gasteiger partial charge in [-0.15, -0.1) is 0 Å². The van der Waals surface area contributed by atoms with Crippen molar-refractivity contribution in [1.82, 2.24) is 0 Å². The Kier molecular flexibility index (Phi) is 4.80. The van der Waals surface area contributed by atoms with Crippen molar-refractivity contribution in [3.8, 4) is 0 Å². The Morgan fingerprint density at radius 3 is 1.89 bits per heavy atom. The average molecular weight is 283 g/mol. The molecule has 0 spiro atoms. The fraction of sp³-hybridized carbons (Fsp3) is 0.533. The van der Waals surface area contributed by atoms with Crippen LogP contribution < -0.4 is 0 Å². The summed E-state index contributed by atoms with van der Waals surface area (Å²) in [6.07, 6.45) is 0. The molecule has 1 aromatic rings. The third-order valence-corrected chi connectivity index (χ3v) is 3.92. The fourth-order valence-electron chi connectivity index (χ4n) is 1.45. The molecule has 1 rings (SSSR count). The van der Waals surface area contributed by atoms with Crippen LogP contribution in [0.3, 0.4) is 0 Å². The van der Waals surface area contributed by atoms with Crippen LogP contribution in [-0.4, -0.2) is 15.0 Å². The molecule has 0 amide bonds. The minimum Gasteiger partial charge on any atom is -0.591 e. The molecule has 0 aliphatic carbocycles. The predicted molar refractivity (Wildman–Crippen MR) is 80.3 cm³/mol. The second-order valence-electron chi connectivity index (χ2n) is 6.56. The molecule has 2 nitrogen and oxygen atoms in total. The van der Waals surface area contributed by atoms with Gasteiger partial charge in [-0.05, 0) is 32.9 Å². The van der Waals surface area contributed by atoms with E-state index in [-0.39, 0.29) is 11.2 Å². The Labute approximate surface area is 118 Å².